The van der Waals surface area contributed by atoms with E-state index in [1.165, 1.54) is 29.6 Å². The van der Waals surface area contributed by atoms with Gasteiger partial charge in [-0.05, 0) is 33.0 Å². The number of carbonyl (C=O) groups excluding carboxylic acids is 4. The molecular formula is C17H25BrN6O4S3. The fourth-order valence-electron chi connectivity index (χ4n) is 1.62. The molecule has 2 aromatic heterocycles. The Morgan fingerprint density at radius 3 is 2.19 bits per heavy atom. The predicted octanol–water partition coefficient (Wildman–Crippen LogP) is 2.23. The first-order valence-electron chi connectivity index (χ1n) is 10.0. The van der Waals surface area contributed by atoms with Gasteiger partial charge in [-0.2, -0.15) is 0 Å². The van der Waals surface area contributed by atoms with Gasteiger partial charge in [-0.3, -0.25) is 19.2 Å². The third-order valence-electron chi connectivity index (χ3n) is 3.43. The monoisotopic (exact) mass is 555 g/mol. The molecule has 0 aromatic carbocycles. The van der Waals surface area contributed by atoms with Gasteiger partial charge in [-0.15, -0.1) is 22.7 Å². The van der Waals surface area contributed by atoms with Crippen molar-refractivity contribution in [2.24, 2.45) is 0 Å². The first kappa shape index (κ1) is 23.5. The Balaban J connectivity index is 0.000000484. The minimum atomic E-state index is -0.929. The van der Waals surface area contributed by atoms with E-state index in [9.17, 15) is 19.2 Å². The van der Waals surface area contributed by atoms with Gasteiger partial charge in [0.1, 0.15) is 4.11 Å². The first-order valence-corrected chi connectivity index (χ1v) is 11.8. The van der Waals surface area contributed by atoms with Crippen molar-refractivity contribution < 1.29 is 23.3 Å². The number of hydrogen-bond acceptors (Lipinski definition) is 9. The topological polar surface area (TPSA) is 159 Å². The molecule has 2 rings (SSSR count). The normalized spacial score (nSPS) is 13.7. The zero-order valence-electron chi connectivity index (χ0n) is 19.9. The number of aromatic nitrogens is 2. The Kier molecular flexibility index (Phi) is 12.5. The molecule has 0 spiro atoms. The van der Waals surface area contributed by atoms with Gasteiger partial charge in [0.15, 0.2) is 14.9 Å². The lowest BCUT2D eigenvalue weighted by Gasteiger charge is -2.05. The zero-order chi connectivity index (χ0) is 26.4. The highest BCUT2D eigenvalue weighted by atomic mass is 79.9. The SMILES string of the molecule is [2H]C(=O)NC(C)C(=O)CBr.[2H]C(=O)NC(C)c1csc(=S)[nH]1.[2H]C(=O)NC(C)c1csc(N)n1. The fourth-order valence-corrected chi connectivity index (χ4v) is 3.69. The van der Waals surface area contributed by atoms with Crippen molar-refractivity contribution >= 4 is 80.9 Å². The number of amides is 3. The van der Waals surface area contributed by atoms with Gasteiger partial charge in [0.2, 0.25) is 19.2 Å². The highest BCUT2D eigenvalue weighted by Crippen LogP contribution is 2.16. The Labute approximate surface area is 205 Å². The van der Waals surface area contributed by atoms with Crippen LogP contribution in [0.5, 0.6) is 0 Å². The summed E-state index contributed by atoms with van der Waals surface area (Å²) in [5, 5.41) is 11.2. The van der Waals surface area contributed by atoms with Crippen LogP contribution in [0.4, 0.5) is 5.13 Å². The predicted molar refractivity (Wildman–Crippen MR) is 129 cm³/mol. The second kappa shape index (κ2) is 16.5. The van der Waals surface area contributed by atoms with Crippen LogP contribution in [0.25, 0.3) is 0 Å². The fraction of sp³-hybridized carbons (Fsp3) is 0.412. The molecule has 0 radical (unpaired) electrons. The van der Waals surface area contributed by atoms with E-state index >= 15 is 0 Å². The van der Waals surface area contributed by atoms with Crippen LogP contribution in [0.15, 0.2) is 10.8 Å². The van der Waals surface area contributed by atoms with Gasteiger partial charge in [0, 0.05) is 16.5 Å². The third kappa shape index (κ3) is 12.3. The average Bonchev–Trinajstić information content (AvgIpc) is 3.35. The molecule has 0 bridgehead atoms. The largest absolute Gasteiger partial charge is 0.375 e. The number of nitrogens with one attached hydrogen (secondary N) is 4. The lowest BCUT2D eigenvalue weighted by Crippen LogP contribution is -2.33. The van der Waals surface area contributed by atoms with E-state index < -0.39 is 25.2 Å². The number of rotatable bonds is 7. The van der Waals surface area contributed by atoms with Crippen molar-refractivity contribution in [2.45, 2.75) is 38.9 Å². The van der Waals surface area contributed by atoms with Crippen molar-refractivity contribution in [2.75, 3.05) is 11.1 Å². The molecule has 0 aliphatic heterocycles. The minimum absolute atomic E-state index is 0.138. The van der Waals surface area contributed by atoms with Crippen LogP contribution in [0.2, 0.25) is 0 Å². The number of aromatic amines is 1. The molecule has 6 N–H and O–H groups in total. The van der Waals surface area contributed by atoms with E-state index in [0.717, 1.165) is 5.69 Å². The molecule has 0 saturated carbocycles. The van der Waals surface area contributed by atoms with E-state index in [4.69, 9.17) is 22.1 Å². The molecule has 3 atom stereocenters. The van der Waals surface area contributed by atoms with Crippen LogP contribution < -0.4 is 21.7 Å². The Morgan fingerprint density at radius 1 is 1.19 bits per heavy atom. The highest BCUT2D eigenvalue weighted by molar-refractivity contribution is 9.09. The lowest BCUT2D eigenvalue weighted by atomic mass is 10.2. The molecule has 3 unspecified atom stereocenters. The van der Waals surface area contributed by atoms with Gasteiger partial charge in [0.25, 0.3) is 0 Å². The Bertz CT molecular complexity index is 1020. The number of alkyl halides is 1. The molecular weight excluding hydrogens is 528 g/mol. The Morgan fingerprint density at radius 2 is 1.77 bits per heavy atom. The van der Waals surface area contributed by atoms with Crippen molar-refractivity contribution in [3.05, 3.63) is 26.1 Å². The molecule has 2 aromatic rings. The van der Waals surface area contributed by atoms with Crippen LogP contribution in [-0.4, -0.2) is 46.3 Å². The number of halogens is 1. The molecule has 31 heavy (non-hydrogen) atoms. The van der Waals surface area contributed by atoms with Crippen molar-refractivity contribution in [3.63, 3.8) is 0 Å². The minimum Gasteiger partial charge on any atom is -0.375 e. The van der Waals surface area contributed by atoms with Gasteiger partial charge >= 0.3 is 0 Å². The molecule has 14 heteroatoms. The molecule has 0 aliphatic rings. The van der Waals surface area contributed by atoms with E-state index in [0.29, 0.717) is 14.8 Å². The number of hydrogen-bond donors (Lipinski definition) is 5. The van der Waals surface area contributed by atoms with Crippen molar-refractivity contribution in [1.29, 1.82) is 0 Å². The number of nitrogens with zero attached hydrogens (tertiary/aromatic N) is 1. The summed E-state index contributed by atoms with van der Waals surface area (Å²) >= 11 is 10.5. The second-order valence-electron chi connectivity index (χ2n) is 5.72. The van der Waals surface area contributed by atoms with Crippen LogP contribution in [0.3, 0.4) is 0 Å². The maximum absolute atomic E-state index is 10.7. The summed E-state index contributed by atoms with van der Waals surface area (Å²) in [6, 6.07) is -0.990. The van der Waals surface area contributed by atoms with E-state index in [1.54, 1.807) is 19.2 Å². The number of nitrogens with two attached hydrogens (primary N) is 1. The number of ketones is 1. The summed E-state index contributed by atoms with van der Waals surface area (Å²) in [6.45, 7) is 5.08. The van der Waals surface area contributed by atoms with E-state index in [-0.39, 0.29) is 23.2 Å². The molecule has 0 fully saturated rings. The standard InChI is InChI=1S/C6H9N3OS.C6H8N2OS2.C5H8BrNO2/c1-4(8-3-10)5-2-11-6(7)9-5;1-4(7-3-9)5-2-11-6(10)8-5;1-4(7-3-8)5(9)2-6/h2-4H,1H3,(H2,7,9)(H,8,10);2-4H,1H3,(H,7,9)(H,8,10);3-4H,2H2,1H3,(H,7,8)/i3*3D. The Hall–Kier alpha value is -2.16. The van der Waals surface area contributed by atoms with E-state index in [1.807, 2.05) is 5.38 Å². The lowest BCUT2D eigenvalue weighted by molar-refractivity contribution is -0.120. The molecule has 172 valence electrons. The van der Waals surface area contributed by atoms with Crippen LogP contribution in [0.1, 0.15) is 48.4 Å². The third-order valence-corrected chi connectivity index (χ3v) is 5.75. The number of nitrogen functional groups attached to an aromatic ring is 1. The average molecular weight is 557 g/mol. The number of carbonyl (C=O) groups is 4. The summed E-state index contributed by atoms with van der Waals surface area (Å²) < 4.78 is 20.5. The summed E-state index contributed by atoms with van der Waals surface area (Å²) in [5.41, 5.74) is 6.93. The molecule has 2 heterocycles. The van der Waals surface area contributed by atoms with Crippen LogP contribution >= 0.6 is 50.8 Å². The summed E-state index contributed by atoms with van der Waals surface area (Å²) in [6.07, 6.45) is -2.52. The second-order valence-corrected chi connectivity index (χ2v) is 8.72. The summed E-state index contributed by atoms with van der Waals surface area (Å²) in [7, 11) is 0. The van der Waals surface area contributed by atoms with Gasteiger partial charge in [0.05, 0.1) is 29.1 Å². The summed E-state index contributed by atoms with van der Waals surface area (Å²) in [5.74, 6) is -0.138. The number of thiazole rings is 2. The highest BCUT2D eigenvalue weighted by Gasteiger charge is 2.08. The number of Topliss-reactive ketones (excluding diaryl/α,β-unsaturated/α-hetero) is 1. The molecule has 0 saturated heterocycles. The molecule has 3 amide bonds. The first-order chi connectivity index (χ1) is 15.8. The van der Waals surface area contributed by atoms with Crippen LogP contribution in [0, 0.1) is 3.95 Å². The number of H-pyrrole nitrogens is 1. The van der Waals surface area contributed by atoms with Crippen molar-refractivity contribution in [1.82, 2.24) is 25.9 Å². The maximum atomic E-state index is 10.7. The zero-order valence-corrected chi connectivity index (χ0v) is 20.9. The quantitative estimate of drug-likeness (QED) is 0.199. The maximum Gasteiger partial charge on any atom is 0.207 e. The molecule has 10 nitrogen and oxygen atoms in total. The smallest absolute Gasteiger partial charge is 0.207 e. The van der Waals surface area contributed by atoms with Crippen LogP contribution in [-0.2, 0) is 19.2 Å². The summed E-state index contributed by atoms with van der Waals surface area (Å²) in [4.78, 5) is 48.3. The van der Waals surface area contributed by atoms with Gasteiger partial charge in [-0.25, -0.2) is 4.98 Å². The van der Waals surface area contributed by atoms with Gasteiger partial charge < -0.3 is 26.7 Å². The van der Waals surface area contributed by atoms with Gasteiger partial charge in [-0.1, -0.05) is 15.9 Å². The van der Waals surface area contributed by atoms with Crippen molar-refractivity contribution in [3.8, 4) is 0 Å². The molecule has 0 aliphatic carbocycles. The van der Waals surface area contributed by atoms with E-state index in [2.05, 4.69) is 41.8 Å². The number of anilines is 1.